The lowest BCUT2D eigenvalue weighted by atomic mass is 10.2. The van der Waals surface area contributed by atoms with E-state index in [4.69, 9.17) is 16.3 Å². The molecular formula is C24H28ClN5O2S. The van der Waals surface area contributed by atoms with Crippen LogP contribution in [0.1, 0.15) is 6.42 Å². The van der Waals surface area contributed by atoms with Crippen molar-refractivity contribution >= 4 is 35.0 Å². The van der Waals surface area contributed by atoms with Crippen molar-refractivity contribution in [3.8, 4) is 11.4 Å². The molecule has 1 saturated heterocycles. The molecule has 0 atom stereocenters. The fourth-order valence-electron chi connectivity index (χ4n) is 3.85. The zero-order valence-electron chi connectivity index (χ0n) is 18.7. The van der Waals surface area contributed by atoms with Gasteiger partial charge in [-0.1, -0.05) is 41.6 Å². The Morgan fingerprint density at radius 2 is 1.76 bits per heavy atom. The smallest absolute Gasteiger partial charge is 0.233 e. The van der Waals surface area contributed by atoms with Crippen LogP contribution in [0.2, 0.25) is 5.02 Å². The molecule has 33 heavy (non-hydrogen) atoms. The van der Waals surface area contributed by atoms with Gasteiger partial charge in [0.1, 0.15) is 0 Å². The second kappa shape index (κ2) is 11.5. The number of thioether (sulfide) groups is 1. The summed E-state index contributed by atoms with van der Waals surface area (Å²) in [5.74, 6) is 1.25. The largest absolute Gasteiger partial charge is 0.385 e. The summed E-state index contributed by atoms with van der Waals surface area (Å²) in [5, 5.41) is 10.2. The molecule has 9 heteroatoms. The van der Waals surface area contributed by atoms with Crippen LogP contribution >= 0.6 is 23.4 Å². The molecular weight excluding hydrogens is 458 g/mol. The topological polar surface area (TPSA) is 63.5 Å². The predicted octanol–water partition coefficient (Wildman–Crippen LogP) is 4.08. The molecule has 0 spiro atoms. The van der Waals surface area contributed by atoms with Crippen molar-refractivity contribution in [2.75, 3.05) is 50.5 Å². The zero-order valence-corrected chi connectivity index (χ0v) is 20.3. The first-order valence-corrected chi connectivity index (χ1v) is 12.4. The molecule has 2 aromatic carbocycles. The van der Waals surface area contributed by atoms with Gasteiger partial charge in [0.05, 0.1) is 5.75 Å². The molecule has 4 rings (SSSR count). The van der Waals surface area contributed by atoms with E-state index >= 15 is 0 Å². The van der Waals surface area contributed by atoms with Crippen LogP contribution in [0.25, 0.3) is 11.4 Å². The number of anilines is 1. The summed E-state index contributed by atoms with van der Waals surface area (Å²) in [7, 11) is 1.69. The number of piperazine rings is 1. The Hall–Kier alpha value is -2.55. The predicted molar refractivity (Wildman–Crippen MR) is 133 cm³/mol. The van der Waals surface area contributed by atoms with Gasteiger partial charge in [0.15, 0.2) is 11.0 Å². The highest BCUT2D eigenvalue weighted by molar-refractivity contribution is 7.99. The number of hydrogen-bond acceptors (Lipinski definition) is 6. The Bertz CT molecular complexity index is 1040. The Morgan fingerprint density at radius 3 is 2.45 bits per heavy atom. The molecule has 1 amide bonds. The quantitative estimate of drug-likeness (QED) is 0.336. The highest BCUT2D eigenvalue weighted by Crippen LogP contribution is 2.26. The average molecular weight is 486 g/mol. The molecule has 1 fully saturated rings. The fraction of sp³-hybridized carbons (Fsp3) is 0.375. The van der Waals surface area contributed by atoms with Crippen molar-refractivity contribution in [1.29, 1.82) is 0 Å². The maximum Gasteiger partial charge on any atom is 0.233 e. The van der Waals surface area contributed by atoms with Gasteiger partial charge < -0.3 is 19.1 Å². The standard InChI is InChI=1S/C24H28ClN5O2S/c1-32-17-5-12-30-23(19-8-10-20(25)11-9-19)26-27-24(30)33-18-22(31)29-15-13-28(14-16-29)21-6-3-2-4-7-21/h2-4,6-11H,5,12-18H2,1H3. The van der Waals surface area contributed by atoms with Crippen LogP contribution in [-0.2, 0) is 16.1 Å². The van der Waals surface area contributed by atoms with E-state index in [1.165, 1.54) is 17.4 Å². The molecule has 174 valence electrons. The minimum absolute atomic E-state index is 0.132. The van der Waals surface area contributed by atoms with Crippen molar-refractivity contribution in [3.63, 3.8) is 0 Å². The minimum Gasteiger partial charge on any atom is -0.385 e. The first kappa shape index (κ1) is 23.6. The minimum atomic E-state index is 0.132. The molecule has 3 aromatic rings. The van der Waals surface area contributed by atoms with E-state index < -0.39 is 0 Å². The van der Waals surface area contributed by atoms with Crippen molar-refractivity contribution in [3.05, 3.63) is 59.6 Å². The van der Waals surface area contributed by atoms with Gasteiger partial charge in [-0.3, -0.25) is 4.79 Å². The molecule has 0 saturated carbocycles. The molecule has 0 radical (unpaired) electrons. The normalized spacial score (nSPS) is 14.0. The third-order valence-corrected chi connectivity index (χ3v) is 6.83. The number of methoxy groups -OCH3 is 1. The number of aromatic nitrogens is 3. The summed E-state index contributed by atoms with van der Waals surface area (Å²) < 4.78 is 7.28. The molecule has 0 aliphatic carbocycles. The van der Waals surface area contributed by atoms with E-state index in [0.29, 0.717) is 23.9 Å². The lowest BCUT2D eigenvalue weighted by Gasteiger charge is -2.36. The summed E-state index contributed by atoms with van der Waals surface area (Å²) in [6.07, 6.45) is 0.831. The van der Waals surface area contributed by atoms with Gasteiger partial charge in [-0.15, -0.1) is 10.2 Å². The Morgan fingerprint density at radius 1 is 1.03 bits per heavy atom. The van der Waals surface area contributed by atoms with Gasteiger partial charge in [0.2, 0.25) is 5.91 Å². The van der Waals surface area contributed by atoms with E-state index in [-0.39, 0.29) is 5.91 Å². The highest BCUT2D eigenvalue weighted by Gasteiger charge is 2.22. The van der Waals surface area contributed by atoms with E-state index in [1.807, 2.05) is 47.4 Å². The molecule has 1 aliphatic heterocycles. The van der Waals surface area contributed by atoms with E-state index in [2.05, 4.69) is 31.8 Å². The second-order valence-corrected chi connectivity index (χ2v) is 9.18. The van der Waals surface area contributed by atoms with Crippen LogP contribution in [0.15, 0.2) is 59.8 Å². The first-order chi connectivity index (χ1) is 16.2. The first-order valence-electron chi connectivity index (χ1n) is 11.0. The number of benzene rings is 2. The van der Waals surface area contributed by atoms with Gasteiger partial charge >= 0.3 is 0 Å². The van der Waals surface area contributed by atoms with Crippen molar-refractivity contribution in [2.24, 2.45) is 0 Å². The van der Waals surface area contributed by atoms with E-state index in [9.17, 15) is 4.79 Å². The molecule has 0 bridgehead atoms. The SMILES string of the molecule is COCCCn1c(SCC(=O)N2CCN(c3ccccc3)CC2)nnc1-c1ccc(Cl)cc1. The number of carbonyl (C=O) groups excluding carboxylic acids is 1. The number of halogens is 1. The van der Waals surface area contributed by atoms with Gasteiger partial charge in [-0.05, 0) is 42.8 Å². The van der Waals surface area contributed by atoms with Crippen LogP contribution in [0, 0.1) is 0 Å². The number of amides is 1. The maximum atomic E-state index is 12.9. The molecule has 0 N–H and O–H groups in total. The van der Waals surface area contributed by atoms with Gasteiger partial charge in [0, 0.05) is 62.7 Å². The zero-order chi connectivity index (χ0) is 23.0. The molecule has 0 unspecified atom stereocenters. The van der Waals surface area contributed by atoms with Crippen LogP contribution in [0.3, 0.4) is 0 Å². The maximum absolute atomic E-state index is 12.9. The lowest BCUT2D eigenvalue weighted by Crippen LogP contribution is -2.49. The van der Waals surface area contributed by atoms with Crippen LogP contribution in [0.5, 0.6) is 0 Å². The van der Waals surface area contributed by atoms with E-state index in [1.54, 1.807) is 7.11 Å². The van der Waals surface area contributed by atoms with Gasteiger partial charge in [0.25, 0.3) is 0 Å². The summed E-state index contributed by atoms with van der Waals surface area (Å²) in [6.45, 7) is 4.50. The molecule has 2 heterocycles. The number of hydrogen-bond donors (Lipinski definition) is 0. The van der Waals surface area contributed by atoms with Crippen molar-refractivity contribution < 1.29 is 9.53 Å². The summed E-state index contributed by atoms with van der Waals surface area (Å²) in [6, 6.07) is 17.9. The number of para-hydroxylation sites is 1. The fourth-order valence-corrected chi connectivity index (χ4v) is 4.84. The van der Waals surface area contributed by atoms with Crippen molar-refractivity contribution in [2.45, 2.75) is 18.1 Å². The molecule has 1 aromatic heterocycles. The second-order valence-electron chi connectivity index (χ2n) is 7.80. The van der Waals surface area contributed by atoms with Crippen LogP contribution in [-0.4, -0.2) is 71.2 Å². The average Bonchev–Trinajstić information content (AvgIpc) is 3.26. The number of nitrogens with zero attached hydrogens (tertiary/aromatic N) is 5. The van der Waals surface area contributed by atoms with Gasteiger partial charge in [-0.25, -0.2) is 0 Å². The van der Waals surface area contributed by atoms with Gasteiger partial charge in [-0.2, -0.15) is 0 Å². The Labute approximate surface area is 203 Å². The Balaban J connectivity index is 1.38. The molecule has 7 nitrogen and oxygen atoms in total. The van der Waals surface area contributed by atoms with Crippen LogP contribution in [0.4, 0.5) is 5.69 Å². The summed E-state index contributed by atoms with van der Waals surface area (Å²) in [4.78, 5) is 17.2. The number of ether oxygens (including phenoxy) is 1. The third-order valence-electron chi connectivity index (χ3n) is 5.63. The van der Waals surface area contributed by atoms with Crippen molar-refractivity contribution in [1.82, 2.24) is 19.7 Å². The summed E-state index contributed by atoms with van der Waals surface area (Å²) in [5.41, 5.74) is 2.15. The Kier molecular flexibility index (Phi) is 8.25. The number of rotatable bonds is 9. The third kappa shape index (κ3) is 6.07. The monoisotopic (exact) mass is 485 g/mol. The van der Waals surface area contributed by atoms with Crippen LogP contribution < -0.4 is 4.90 Å². The van der Waals surface area contributed by atoms with E-state index in [0.717, 1.165) is 49.1 Å². The highest BCUT2D eigenvalue weighted by atomic mass is 35.5. The number of carbonyl (C=O) groups is 1. The molecule has 1 aliphatic rings. The lowest BCUT2D eigenvalue weighted by molar-refractivity contribution is -0.128. The summed E-state index contributed by atoms with van der Waals surface area (Å²) >= 11 is 7.48.